The molecule has 2 aromatic heterocycles. The number of pyridine rings is 1. The van der Waals surface area contributed by atoms with Crippen LogP contribution in [-0.4, -0.2) is 33.9 Å². The van der Waals surface area contributed by atoms with Gasteiger partial charge in [-0.15, -0.1) is 0 Å². The van der Waals surface area contributed by atoms with Crippen molar-refractivity contribution in [1.82, 2.24) is 9.38 Å². The molecule has 0 radical (unpaired) electrons. The average Bonchev–Trinajstić information content (AvgIpc) is 2.72. The Morgan fingerprint density at radius 2 is 1.93 bits per heavy atom. The number of hydrogen-bond acceptors (Lipinski definition) is 5. The van der Waals surface area contributed by atoms with E-state index in [9.17, 15) is 4.79 Å². The molecule has 6 heteroatoms. The molecule has 0 spiro atoms. The highest BCUT2D eigenvalue weighted by molar-refractivity contribution is 5.86. The average molecular weight is 376 g/mol. The molecule has 0 amide bonds. The number of rotatable bonds is 4. The van der Waals surface area contributed by atoms with Crippen molar-refractivity contribution in [2.75, 3.05) is 18.0 Å². The minimum absolute atomic E-state index is 0.215. The summed E-state index contributed by atoms with van der Waals surface area (Å²) >= 11 is 0. The van der Waals surface area contributed by atoms with Gasteiger partial charge < -0.3 is 10.1 Å². The minimum Gasteiger partial charge on any atom is -0.411 e. The normalized spacial score (nSPS) is 15.5. The molecule has 1 saturated heterocycles. The predicted molar refractivity (Wildman–Crippen MR) is 111 cm³/mol. The zero-order valence-electron chi connectivity index (χ0n) is 16.0. The van der Waals surface area contributed by atoms with Crippen molar-refractivity contribution in [3.05, 3.63) is 75.7 Å². The van der Waals surface area contributed by atoms with E-state index in [-0.39, 0.29) is 5.56 Å². The van der Waals surface area contributed by atoms with Gasteiger partial charge in [-0.2, -0.15) is 0 Å². The highest BCUT2D eigenvalue weighted by atomic mass is 16.4. The molecule has 0 saturated carbocycles. The number of fused-ring (bicyclic) bond motifs is 1. The Kier molecular flexibility index (Phi) is 5.10. The van der Waals surface area contributed by atoms with Crippen LogP contribution >= 0.6 is 0 Å². The molecule has 1 aliphatic rings. The fourth-order valence-electron chi connectivity index (χ4n) is 4.01. The number of nitrogens with zero attached hydrogens (tertiary/aromatic N) is 4. The lowest BCUT2D eigenvalue weighted by atomic mass is 9.90. The summed E-state index contributed by atoms with van der Waals surface area (Å²) in [5.41, 5.74) is 3.06. The van der Waals surface area contributed by atoms with Crippen molar-refractivity contribution < 1.29 is 5.21 Å². The summed E-state index contributed by atoms with van der Waals surface area (Å²) in [4.78, 5) is 19.9. The van der Waals surface area contributed by atoms with E-state index in [1.54, 1.807) is 6.20 Å². The monoisotopic (exact) mass is 376 g/mol. The lowest BCUT2D eigenvalue weighted by Crippen LogP contribution is -2.37. The number of piperidine rings is 1. The number of benzene rings is 1. The summed E-state index contributed by atoms with van der Waals surface area (Å²) in [6.45, 7) is 3.61. The first-order valence-electron chi connectivity index (χ1n) is 9.65. The molecule has 6 nitrogen and oxygen atoms in total. The van der Waals surface area contributed by atoms with Crippen molar-refractivity contribution in [2.24, 2.45) is 11.1 Å². The van der Waals surface area contributed by atoms with Crippen LogP contribution in [0.4, 0.5) is 5.82 Å². The second-order valence-corrected chi connectivity index (χ2v) is 7.40. The Bertz CT molecular complexity index is 1050. The van der Waals surface area contributed by atoms with Crippen LogP contribution in [0.1, 0.15) is 29.5 Å². The number of aryl methyl sites for hydroxylation is 1. The summed E-state index contributed by atoms with van der Waals surface area (Å²) in [6, 6.07) is 14.3. The van der Waals surface area contributed by atoms with Crippen molar-refractivity contribution in [1.29, 1.82) is 0 Å². The van der Waals surface area contributed by atoms with E-state index in [0.29, 0.717) is 22.9 Å². The van der Waals surface area contributed by atoms with E-state index in [1.807, 2.05) is 25.1 Å². The first-order chi connectivity index (χ1) is 13.7. The molecule has 1 N–H and O–H groups in total. The van der Waals surface area contributed by atoms with Crippen LogP contribution in [0.25, 0.3) is 5.65 Å². The maximum atomic E-state index is 12.9. The molecular formula is C22H24N4O2. The maximum Gasteiger partial charge on any atom is 0.269 e. The van der Waals surface area contributed by atoms with Gasteiger partial charge >= 0.3 is 0 Å². The largest absolute Gasteiger partial charge is 0.411 e. The summed E-state index contributed by atoms with van der Waals surface area (Å²) in [7, 11) is 0. The van der Waals surface area contributed by atoms with Crippen molar-refractivity contribution in [3.63, 3.8) is 0 Å². The summed E-state index contributed by atoms with van der Waals surface area (Å²) in [5.74, 6) is 1.23. The zero-order valence-corrected chi connectivity index (χ0v) is 16.0. The molecule has 1 aromatic carbocycles. The van der Waals surface area contributed by atoms with Crippen molar-refractivity contribution in [2.45, 2.75) is 26.2 Å². The van der Waals surface area contributed by atoms with Crippen LogP contribution in [0.15, 0.2) is 58.6 Å². The number of hydrogen-bond donors (Lipinski definition) is 1. The lowest BCUT2D eigenvalue weighted by molar-refractivity contribution is 0.321. The summed E-state index contributed by atoms with van der Waals surface area (Å²) < 4.78 is 1.51. The first-order valence-corrected chi connectivity index (χ1v) is 9.65. The Hall–Kier alpha value is -3.15. The van der Waals surface area contributed by atoms with E-state index in [2.05, 4.69) is 34.3 Å². The molecule has 0 atom stereocenters. The third-order valence-electron chi connectivity index (χ3n) is 5.53. The molecule has 1 aliphatic heterocycles. The molecule has 0 bridgehead atoms. The lowest BCUT2D eigenvalue weighted by Gasteiger charge is -2.33. The standard InChI is InChI=1S/C22H24N4O2/c1-16-6-5-11-26-20(16)24-21(19(15-23-28)22(26)27)25-12-9-18(10-13-25)14-17-7-3-2-4-8-17/h2-8,11,15,18,28H,9-10,12-14H2,1H3. The molecule has 3 heterocycles. The van der Waals surface area contributed by atoms with E-state index >= 15 is 0 Å². The van der Waals surface area contributed by atoms with Gasteiger partial charge in [0.15, 0.2) is 0 Å². The molecule has 28 heavy (non-hydrogen) atoms. The van der Waals surface area contributed by atoms with Crippen molar-refractivity contribution >= 4 is 17.7 Å². The molecule has 0 unspecified atom stereocenters. The molecule has 0 aliphatic carbocycles. The molecule has 4 rings (SSSR count). The summed E-state index contributed by atoms with van der Waals surface area (Å²) in [6.07, 6.45) is 6.06. The Morgan fingerprint density at radius 1 is 1.18 bits per heavy atom. The smallest absolute Gasteiger partial charge is 0.269 e. The van der Waals surface area contributed by atoms with Crippen LogP contribution in [0.3, 0.4) is 0 Å². The van der Waals surface area contributed by atoms with Crippen LogP contribution in [0.2, 0.25) is 0 Å². The number of aromatic nitrogens is 2. The van der Waals surface area contributed by atoms with E-state index in [1.165, 1.54) is 16.2 Å². The van der Waals surface area contributed by atoms with E-state index < -0.39 is 0 Å². The number of anilines is 1. The minimum atomic E-state index is -0.215. The first kappa shape index (κ1) is 18.2. The zero-order chi connectivity index (χ0) is 19.5. The highest BCUT2D eigenvalue weighted by Gasteiger charge is 2.24. The van der Waals surface area contributed by atoms with E-state index in [4.69, 9.17) is 10.2 Å². The van der Waals surface area contributed by atoms with Gasteiger partial charge in [0.2, 0.25) is 0 Å². The highest BCUT2D eigenvalue weighted by Crippen LogP contribution is 2.26. The topological polar surface area (TPSA) is 70.2 Å². The van der Waals surface area contributed by atoms with Gasteiger partial charge in [0.1, 0.15) is 17.0 Å². The van der Waals surface area contributed by atoms with E-state index in [0.717, 1.165) is 37.9 Å². The van der Waals surface area contributed by atoms with Gasteiger partial charge in [-0.3, -0.25) is 9.20 Å². The van der Waals surface area contributed by atoms with Crippen molar-refractivity contribution in [3.8, 4) is 0 Å². The number of oxime groups is 1. The maximum absolute atomic E-state index is 12.9. The summed E-state index contributed by atoms with van der Waals surface area (Å²) in [5, 5.41) is 12.2. The van der Waals surface area contributed by atoms with Gasteiger partial charge in [-0.1, -0.05) is 41.6 Å². The second-order valence-electron chi connectivity index (χ2n) is 7.40. The van der Waals surface area contributed by atoms with Crippen LogP contribution < -0.4 is 10.5 Å². The predicted octanol–water partition coefficient (Wildman–Crippen LogP) is 3.27. The third-order valence-corrected chi connectivity index (χ3v) is 5.53. The molecular weight excluding hydrogens is 352 g/mol. The second kappa shape index (κ2) is 7.84. The Morgan fingerprint density at radius 3 is 2.64 bits per heavy atom. The van der Waals surface area contributed by atoms with Gasteiger partial charge in [0.25, 0.3) is 5.56 Å². The Labute approximate surface area is 163 Å². The fourth-order valence-corrected chi connectivity index (χ4v) is 4.01. The molecule has 3 aromatic rings. The third kappa shape index (κ3) is 3.50. The van der Waals surface area contributed by atoms with Gasteiger partial charge in [-0.25, -0.2) is 4.98 Å². The molecule has 1 fully saturated rings. The fraction of sp³-hybridized carbons (Fsp3) is 0.318. The van der Waals surface area contributed by atoms with Gasteiger partial charge in [0, 0.05) is 19.3 Å². The van der Waals surface area contributed by atoms with Crippen LogP contribution in [-0.2, 0) is 6.42 Å². The SMILES string of the molecule is Cc1cccn2c(=O)c(C=NO)c(N3CCC(Cc4ccccc4)CC3)nc12. The van der Waals surface area contributed by atoms with Crippen LogP contribution in [0, 0.1) is 12.8 Å². The Balaban J connectivity index is 1.61. The van der Waals surface area contributed by atoms with Gasteiger partial charge in [0.05, 0.1) is 6.21 Å². The van der Waals surface area contributed by atoms with Crippen LogP contribution in [0.5, 0.6) is 0 Å². The quantitative estimate of drug-likeness (QED) is 0.431. The van der Waals surface area contributed by atoms with Gasteiger partial charge in [-0.05, 0) is 49.3 Å². The molecule has 144 valence electrons.